The number of benzene rings is 2. The van der Waals surface area contributed by atoms with Crippen LogP contribution in [0.15, 0.2) is 54.6 Å². The molecule has 2 aromatic rings. The van der Waals surface area contributed by atoms with Gasteiger partial charge in [-0.3, -0.25) is 4.79 Å². The summed E-state index contributed by atoms with van der Waals surface area (Å²) in [4.78, 5) is 11.7. The lowest BCUT2D eigenvalue weighted by atomic mass is 10.3. The van der Waals surface area contributed by atoms with Crippen molar-refractivity contribution in [1.82, 2.24) is 5.32 Å². The van der Waals surface area contributed by atoms with E-state index in [2.05, 4.69) is 10.6 Å². The number of para-hydroxylation sites is 1. The molecule has 0 spiro atoms. The first kappa shape index (κ1) is 17.2. The van der Waals surface area contributed by atoms with Crippen LogP contribution >= 0.6 is 11.6 Å². The van der Waals surface area contributed by atoms with E-state index in [-0.39, 0.29) is 5.91 Å². The Morgan fingerprint density at radius 2 is 1.87 bits per heavy atom. The second-order valence-corrected chi connectivity index (χ2v) is 5.49. The van der Waals surface area contributed by atoms with Gasteiger partial charge < -0.3 is 15.4 Å². The molecule has 1 amide bonds. The Morgan fingerprint density at radius 3 is 2.65 bits per heavy atom. The van der Waals surface area contributed by atoms with Gasteiger partial charge in [0.05, 0.1) is 13.0 Å². The number of carbonyl (C=O) groups is 1. The van der Waals surface area contributed by atoms with Crippen LogP contribution in [0.3, 0.4) is 0 Å². The van der Waals surface area contributed by atoms with Crippen molar-refractivity contribution in [3.63, 3.8) is 0 Å². The smallest absolute Gasteiger partial charge is 0.223 e. The van der Waals surface area contributed by atoms with Crippen LogP contribution in [-0.4, -0.2) is 25.6 Å². The molecule has 0 atom stereocenters. The summed E-state index contributed by atoms with van der Waals surface area (Å²) in [6, 6.07) is 17.2. The van der Waals surface area contributed by atoms with Crippen LogP contribution in [0.5, 0.6) is 5.75 Å². The molecule has 23 heavy (non-hydrogen) atoms. The third-order valence-electron chi connectivity index (χ3n) is 3.17. The first-order valence-electron chi connectivity index (χ1n) is 7.68. The summed E-state index contributed by atoms with van der Waals surface area (Å²) in [7, 11) is 0. The number of carbonyl (C=O) groups excluding carboxylic acids is 1. The fourth-order valence-electron chi connectivity index (χ4n) is 2.01. The Labute approximate surface area is 141 Å². The number of hydrogen-bond donors (Lipinski definition) is 2. The molecule has 5 heteroatoms. The zero-order valence-electron chi connectivity index (χ0n) is 12.9. The van der Waals surface area contributed by atoms with E-state index in [1.165, 1.54) is 0 Å². The van der Waals surface area contributed by atoms with Crippen LogP contribution in [0.2, 0.25) is 5.02 Å². The number of ether oxygens (including phenoxy) is 1. The highest BCUT2D eigenvalue weighted by molar-refractivity contribution is 6.30. The first-order valence-corrected chi connectivity index (χ1v) is 8.06. The van der Waals surface area contributed by atoms with E-state index in [9.17, 15) is 4.79 Å². The van der Waals surface area contributed by atoms with E-state index in [0.29, 0.717) is 30.3 Å². The monoisotopic (exact) mass is 332 g/mol. The second kappa shape index (κ2) is 9.74. The average Bonchev–Trinajstić information content (AvgIpc) is 2.55. The molecule has 0 fully saturated rings. The highest BCUT2D eigenvalue weighted by atomic mass is 35.5. The number of nitrogens with one attached hydrogen (secondary N) is 2. The number of rotatable bonds is 9. The number of amides is 1. The van der Waals surface area contributed by atoms with Gasteiger partial charge in [-0.25, -0.2) is 0 Å². The minimum Gasteiger partial charge on any atom is -0.493 e. The van der Waals surface area contributed by atoms with Crippen LogP contribution in [0.25, 0.3) is 0 Å². The molecule has 4 nitrogen and oxygen atoms in total. The largest absolute Gasteiger partial charge is 0.493 e. The summed E-state index contributed by atoms with van der Waals surface area (Å²) in [5.41, 5.74) is 1.09. The standard InChI is InChI=1S/C18H21ClN2O2/c19-15-6-4-9-17(14-15)23-13-10-18(22)21-12-5-11-20-16-7-2-1-3-8-16/h1-4,6-9,14,20H,5,10-13H2,(H,21,22). The average molecular weight is 333 g/mol. The summed E-state index contributed by atoms with van der Waals surface area (Å²) in [6.45, 7) is 1.81. The molecule has 0 saturated heterocycles. The van der Waals surface area contributed by atoms with Crippen LogP contribution < -0.4 is 15.4 Å². The van der Waals surface area contributed by atoms with Gasteiger partial charge in [0.15, 0.2) is 0 Å². The Balaban J connectivity index is 1.52. The van der Waals surface area contributed by atoms with Gasteiger partial charge in [-0.15, -0.1) is 0 Å². The zero-order valence-corrected chi connectivity index (χ0v) is 13.7. The molecule has 0 bridgehead atoms. The first-order chi connectivity index (χ1) is 11.2. The van der Waals surface area contributed by atoms with Crippen molar-refractivity contribution < 1.29 is 9.53 Å². The van der Waals surface area contributed by atoms with Gasteiger partial charge in [-0.1, -0.05) is 35.9 Å². The van der Waals surface area contributed by atoms with Crippen molar-refractivity contribution >= 4 is 23.2 Å². The Kier molecular flexibility index (Phi) is 7.27. The van der Waals surface area contributed by atoms with Crippen LogP contribution in [0.4, 0.5) is 5.69 Å². The summed E-state index contributed by atoms with van der Waals surface area (Å²) in [5, 5.41) is 6.80. The van der Waals surface area contributed by atoms with E-state index < -0.39 is 0 Å². The van der Waals surface area contributed by atoms with Crippen LogP contribution in [-0.2, 0) is 4.79 Å². The molecule has 0 aliphatic carbocycles. The summed E-state index contributed by atoms with van der Waals surface area (Å²) in [6.07, 6.45) is 1.20. The fourth-order valence-corrected chi connectivity index (χ4v) is 2.19. The molecular formula is C18H21ClN2O2. The number of hydrogen-bond acceptors (Lipinski definition) is 3. The van der Waals surface area contributed by atoms with Crippen molar-refractivity contribution in [3.8, 4) is 5.75 Å². The Bertz CT molecular complexity index is 605. The molecule has 0 aromatic heterocycles. The second-order valence-electron chi connectivity index (χ2n) is 5.05. The predicted molar refractivity (Wildman–Crippen MR) is 94.1 cm³/mol. The van der Waals surface area contributed by atoms with E-state index >= 15 is 0 Å². The Morgan fingerprint density at radius 1 is 1.04 bits per heavy atom. The van der Waals surface area contributed by atoms with Gasteiger partial charge in [-0.05, 0) is 36.8 Å². The molecular weight excluding hydrogens is 312 g/mol. The lowest BCUT2D eigenvalue weighted by molar-refractivity contribution is -0.121. The number of halogens is 1. The maximum absolute atomic E-state index is 11.7. The highest BCUT2D eigenvalue weighted by Gasteiger charge is 2.02. The Hall–Kier alpha value is -2.20. The zero-order chi connectivity index (χ0) is 16.3. The molecule has 122 valence electrons. The maximum Gasteiger partial charge on any atom is 0.223 e. The minimum atomic E-state index is -0.00765. The molecule has 0 heterocycles. The third kappa shape index (κ3) is 7.06. The maximum atomic E-state index is 11.7. The van der Waals surface area contributed by atoms with Crippen molar-refractivity contribution in [2.24, 2.45) is 0 Å². The van der Waals surface area contributed by atoms with Gasteiger partial charge in [0.25, 0.3) is 0 Å². The van der Waals surface area contributed by atoms with Crippen molar-refractivity contribution in [3.05, 3.63) is 59.6 Å². The molecule has 2 rings (SSSR count). The van der Waals surface area contributed by atoms with E-state index in [1.54, 1.807) is 12.1 Å². The molecule has 0 aliphatic rings. The van der Waals surface area contributed by atoms with Crippen molar-refractivity contribution in [2.45, 2.75) is 12.8 Å². The molecule has 2 N–H and O–H groups in total. The lowest BCUT2D eigenvalue weighted by Crippen LogP contribution is -2.27. The van der Waals surface area contributed by atoms with Crippen molar-refractivity contribution in [2.75, 3.05) is 25.0 Å². The predicted octanol–water partition coefficient (Wildman–Crippen LogP) is 3.73. The van der Waals surface area contributed by atoms with Gasteiger partial charge in [0.2, 0.25) is 5.91 Å². The van der Waals surface area contributed by atoms with Gasteiger partial charge in [0.1, 0.15) is 5.75 Å². The summed E-state index contributed by atoms with van der Waals surface area (Å²) < 4.78 is 5.49. The topological polar surface area (TPSA) is 50.4 Å². The van der Waals surface area contributed by atoms with E-state index in [4.69, 9.17) is 16.3 Å². The van der Waals surface area contributed by atoms with Crippen LogP contribution in [0.1, 0.15) is 12.8 Å². The SMILES string of the molecule is O=C(CCOc1cccc(Cl)c1)NCCCNc1ccccc1. The summed E-state index contributed by atoms with van der Waals surface area (Å²) >= 11 is 5.86. The van der Waals surface area contributed by atoms with Crippen LogP contribution in [0, 0.1) is 0 Å². The van der Waals surface area contributed by atoms with Gasteiger partial charge in [-0.2, -0.15) is 0 Å². The fraction of sp³-hybridized carbons (Fsp3) is 0.278. The molecule has 0 radical (unpaired) electrons. The third-order valence-corrected chi connectivity index (χ3v) is 3.41. The van der Waals surface area contributed by atoms with Gasteiger partial charge >= 0.3 is 0 Å². The lowest BCUT2D eigenvalue weighted by Gasteiger charge is -2.08. The molecule has 0 aliphatic heterocycles. The normalized spacial score (nSPS) is 10.1. The highest BCUT2D eigenvalue weighted by Crippen LogP contribution is 2.17. The molecule has 2 aromatic carbocycles. The summed E-state index contributed by atoms with van der Waals surface area (Å²) in [5.74, 6) is 0.670. The van der Waals surface area contributed by atoms with Gasteiger partial charge in [0, 0.05) is 23.8 Å². The quantitative estimate of drug-likeness (QED) is 0.688. The molecule has 0 saturated carbocycles. The van der Waals surface area contributed by atoms with E-state index in [1.807, 2.05) is 42.5 Å². The minimum absolute atomic E-state index is 0.00765. The van der Waals surface area contributed by atoms with E-state index in [0.717, 1.165) is 18.7 Å². The van der Waals surface area contributed by atoms with Crippen molar-refractivity contribution in [1.29, 1.82) is 0 Å². The molecule has 0 unspecified atom stereocenters. The number of anilines is 1.